The van der Waals surface area contributed by atoms with Gasteiger partial charge in [0.1, 0.15) is 0 Å². The van der Waals surface area contributed by atoms with Gasteiger partial charge >= 0.3 is 0 Å². The van der Waals surface area contributed by atoms with Gasteiger partial charge in [-0.15, -0.1) is 28.5 Å². The molecule has 0 amide bonds. The first kappa shape index (κ1) is 43.4. The van der Waals surface area contributed by atoms with E-state index in [1.54, 1.807) is 0 Å². The molecular formula is C30H45Hf-9. The van der Waals surface area contributed by atoms with Gasteiger partial charge < -0.3 is 52.0 Å². The van der Waals surface area contributed by atoms with E-state index in [1.165, 1.54) is 52.8 Å². The Hall–Kier alpha value is -1.47. The quantitative estimate of drug-likeness (QED) is 0.127. The standard InChI is InChI=1S/C18H19.C5H5.7CH3.Hf/c1-2-3-4-8-15-12-13-16-11-10-14-7-5-6-9-17(14)18(15)16;1-2-4-5-3-1;;;;;;;;/h5-7,9-13H,2-4,8H2,1H3;1-5H;7*1H3;/q9*-1;. The Morgan fingerprint density at radius 3 is 1.81 bits per heavy atom. The van der Waals surface area contributed by atoms with E-state index in [0.29, 0.717) is 0 Å². The van der Waals surface area contributed by atoms with E-state index in [2.05, 4.69) is 55.5 Å². The number of unbranched alkanes of at least 4 members (excludes halogenated alkanes) is 2. The van der Waals surface area contributed by atoms with Crippen molar-refractivity contribution >= 4 is 21.5 Å². The molecule has 0 atom stereocenters. The molecule has 0 fully saturated rings. The minimum absolute atomic E-state index is 0. The van der Waals surface area contributed by atoms with Crippen LogP contribution in [-0.4, -0.2) is 0 Å². The fourth-order valence-corrected chi connectivity index (χ4v) is 3.15. The van der Waals surface area contributed by atoms with Crippen molar-refractivity contribution in [3.8, 4) is 0 Å². The third-order valence-electron chi connectivity index (χ3n) is 4.35. The summed E-state index contributed by atoms with van der Waals surface area (Å²) >= 11 is 0. The van der Waals surface area contributed by atoms with Gasteiger partial charge in [-0.25, -0.2) is 12.1 Å². The molecule has 4 rings (SSSR count). The van der Waals surface area contributed by atoms with E-state index in [9.17, 15) is 0 Å². The zero-order chi connectivity index (χ0) is 15.9. The topological polar surface area (TPSA) is 0 Å². The Morgan fingerprint density at radius 1 is 0.677 bits per heavy atom. The van der Waals surface area contributed by atoms with E-state index in [4.69, 9.17) is 0 Å². The molecule has 0 bridgehead atoms. The number of hydrogen-bond donors (Lipinski definition) is 0. The van der Waals surface area contributed by atoms with Crippen LogP contribution in [0.1, 0.15) is 31.7 Å². The van der Waals surface area contributed by atoms with Gasteiger partial charge in [-0.1, -0.05) is 73.7 Å². The fourth-order valence-electron chi connectivity index (χ4n) is 3.15. The van der Waals surface area contributed by atoms with Gasteiger partial charge in [0.25, 0.3) is 0 Å². The first-order chi connectivity index (χ1) is 11.4. The largest absolute Gasteiger partial charge is 0.358 e. The molecule has 0 N–H and O–H groups in total. The van der Waals surface area contributed by atoms with Gasteiger partial charge in [0.15, 0.2) is 0 Å². The monoisotopic (exact) mass is 585 g/mol. The van der Waals surface area contributed by atoms with Crippen LogP contribution in [0.5, 0.6) is 0 Å². The van der Waals surface area contributed by atoms with E-state index in [0.717, 1.165) is 0 Å². The summed E-state index contributed by atoms with van der Waals surface area (Å²) in [7, 11) is 0. The molecule has 0 aliphatic rings. The molecule has 31 heavy (non-hydrogen) atoms. The summed E-state index contributed by atoms with van der Waals surface area (Å²) in [6.07, 6.45) is 5.14. The Balaban J connectivity index is -0.000000108. The van der Waals surface area contributed by atoms with Crippen molar-refractivity contribution in [2.24, 2.45) is 0 Å². The maximum Gasteiger partial charge on any atom is 0 e. The molecule has 0 aliphatic heterocycles. The SMILES string of the molecule is CCCCC[c-]1ccc2ccc3ccccc3c21.[CH3-].[CH3-].[CH3-].[CH3-].[CH3-].[CH3-].[CH3-].[Hf].c1cc[cH-]c1. The summed E-state index contributed by atoms with van der Waals surface area (Å²) < 4.78 is 0. The number of rotatable bonds is 4. The summed E-state index contributed by atoms with van der Waals surface area (Å²) in [6, 6.07) is 27.8. The summed E-state index contributed by atoms with van der Waals surface area (Å²) in [5.74, 6) is 0. The van der Waals surface area contributed by atoms with Gasteiger partial charge in [0.05, 0.1) is 0 Å². The summed E-state index contributed by atoms with van der Waals surface area (Å²) in [6.45, 7) is 2.26. The second kappa shape index (κ2) is 23.2. The van der Waals surface area contributed by atoms with Crippen molar-refractivity contribution in [2.75, 3.05) is 0 Å². The molecule has 178 valence electrons. The van der Waals surface area contributed by atoms with Crippen LogP contribution in [0.3, 0.4) is 0 Å². The average Bonchev–Trinajstić information content (AvgIpc) is 3.28. The fraction of sp³-hybridized carbons (Fsp3) is 0.167. The van der Waals surface area contributed by atoms with Crippen LogP contribution < -0.4 is 0 Å². The molecular weight excluding hydrogens is 539 g/mol. The van der Waals surface area contributed by atoms with Crippen LogP contribution in [0.2, 0.25) is 0 Å². The number of hydrogen-bond acceptors (Lipinski definition) is 0. The molecule has 0 aliphatic carbocycles. The smallest absolute Gasteiger partial charge is 0 e. The van der Waals surface area contributed by atoms with Crippen molar-refractivity contribution in [3.63, 3.8) is 0 Å². The molecule has 1 heteroatoms. The van der Waals surface area contributed by atoms with Crippen LogP contribution in [0.25, 0.3) is 21.5 Å². The van der Waals surface area contributed by atoms with Gasteiger partial charge in [-0.3, -0.25) is 0 Å². The minimum Gasteiger partial charge on any atom is -0.358 e. The van der Waals surface area contributed by atoms with Crippen LogP contribution in [0.15, 0.2) is 78.9 Å². The van der Waals surface area contributed by atoms with E-state index in [-0.39, 0.29) is 77.8 Å². The van der Waals surface area contributed by atoms with Crippen molar-refractivity contribution < 1.29 is 25.8 Å². The van der Waals surface area contributed by atoms with Crippen LogP contribution in [0.4, 0.5) is 0 Å². The van der Waals surface area contributed by atoms with Crippen molar-refractivity contribution in [2.45, 2.75) is 32.6 Å². The normalized spacial score (nSPS) is 7.90. The van der Waals surface area contributed by atoms with Crippen molar-refractivity contribution in [3.05, 3.63) is 136 Å². The predicted molar refractivity (Wildman–Crippen MR) is 147 cm³/mol. The summed E-state index contributed by atoms with van der Waals surface area (Å²) in [5.41, 5.74) is 1.52. The molecule has 0 spiro atoms. The van der Waals surface area contributed by atoms with Crippen LogP contribution >= 0.6 is 0 Å². The van der Waals surface area contributed by atoms with Gasteiger partial charge in [0, 0.05) is 25.8 Å². The third-order valence-corrected chi connectivity index (χ3v) is 4.35. The Bertz CT molecular complexity index is 820. The molecule has 0 radical (unpaired) electrons. The molecule has 4 aromatic carbocycles. The Labute approximate surface area is 215 Å². The van der Waals surface area contributed by atoms with E-state index < -0.39 is 0 Å². The molecule has 0 unspecified atom stereocenters. The predicted octanol–water partition coefficient (Wildman–Crippen LogP) is 10.00. The van der Waals surface area contributed by atoms with Crippen molar-refractivity contribution in [1.82, 2.24) is 0 Å². The second-order valence-electron chi connectivity index (χ2n) is 6.03. The molecule has 0 saturated carbocycles. The maximum absolute atomic E-state index is 2.31. The van der Waals surface area contributed by atoms with E-state index >= 15 is 0 Å². The first-order valence-corrected chi connectivity index (χ1v) is 8.63. The van der Waals surface area contributed by atoms with Gasteiger partial charge in [0.2, 0.25) is 0 Å². The third kappa shape index (κ3) is 11.6. The molecule has 4 aromatic rings. The summed E-state index contributed by atoms with van der Waals surface area (Å²) in [4.78, 5) is 0. The van der Waals surface area contributed by atoms with Crippen LogP contribution in [0, 0.1) is 52.0 Å². The van der Waals surface area contributed by atoms with E-state index in [1.807, 2.05) is 30.3 Å². The minimum atomic E-state index is 0. The number of aryl methyl sites for hydroxylation is 1. The summed E-state index contributed by atoms with van der Waals surface area (Å²) in [5, 5.41) is 5.63. The average molecular weight is 584 g/mol. The Morgan fingerprint density at radius 2 is 1.26 bits per heavy atom. The Kier molecular flexibility index (Phi) is 32.5. The molecule has 0 aromatic heterocycles. The van der Waals surface area contributed by atoms with Gasteiger partial charge in [-0.2, -0.15) is 24.3 Å². The zero-order valence-corrected chi connectivity index (χ0v) is 24.9. The van der Waals surface area contributed by atoms with Crippen molar-refractivity contribution in [1.29, 1.82) is 0 Å². The molecule has 0 saturated heterocycles. The molecule has 0 nitrogen and oxygen atoms in total. The maximum atomic E-state index is 2.31. The number of benzene rings is 2. The number of fused-ring (bicyclic) bond motifs is 3. The first-order valence-electron chi connectivity index (χ1n) is 8.63. The van der Waals surface area contributed by atoms with Gasteiger partial charge in [-0.05, 0) is 0 Å². The second-order valence-corrected chi connectivity index (χ2v) is 6.03. The van der Waals surface area contributed by atoms with Crippen LogP contribution in [-0.2, 0) is 32.3 Å². The molecule has 0 heterocycles. The zero-order valence-electron chi connectivity index (χ0n) is 21.3.